The zero-order valence-electron chi connectivity index (χ0n) is 20.5. The Bertz CT molecular complexity index is 1110. The number of carbonyl (C=O) groups excluding carboxylic acids is 2. The summed E-state index contributed by atoms with van der Waals surface area (Å²) in [6.45, 7) is 7.94. The van der Waals surface area contributed by atoms with Gasteiger partial charge in [-0.05, 0) is 75.9 Å². The SMILES string of the molecule is CC(C)Nc1cc(CN2C(=O)N(c3ccc(C4(C#N)CCCCC4)cc3)C(=O)C2(C)C)ccn1. The normalized spacial score (nSPS) is 19.4. The summed E-state index contributed by atoms with van der Waals surface area (Å²) < 4.78 is 0. The molecule has 1 aliphatic carbocycles. The minimum Gasteiger partial charge on any atom is -0.368 e. The molecule has 2 aromatic rings. The zero-order valence-corrected chi connectivity index (χ0v) is 20.5. The molecule has 0 unspecified atom stereocenters. The molecule has 3 amide bonds. The van der Waals surface area contributed by atoms with Gasteiger partial charge in [-0.2, -0.15) is 5.26 Å². The summed E-state index contributed by atoms with van der Waals surface area (Å²) in [5, 5.41) is 13.2. The number of pyridine rings is 1. The summed E-state index contributed by atoms with van der Waals surface area (Å²) in [5.74, 6) is 0.484. The highest BCUT2D eigenvalue weighted by atomic mass is 16.2. The Morgan fingerprint density at radius 2 is 1.76 bits per heavy atom. The van der Waals surface area contributed by atoms with Crippen molar-refractivity contribution in [2.24, 2.45) is 0 Å². The van der Waals surface area contributed by atoms with E-state index in [1.807, 2.05) is 38.1 Å². The lowest BCUT2D eigenvalue weighted by Gasteiger charge is -2.31. The molecule has 1 N–H and O–H groups in total. The third-order valence-electron chi connectivity index (χ3n) is 7.02. The third kappa shape index (κ3) is 4.25. The number of anilines is 2. The molecule has 7 heteroatoms. The van der Waals surface area contributed by atoms with E-state index in [4.69, 9.17) is 0 Å². The van der Waals surface area contributed by atoms with E-state index < -0.39 is 11.0 Å². The van der Waals surface area contributed by atoms with Crippen LogP contribution in [0, 0.1) is 11.3 Å². The van der Waals surface area contributed by atoms with Crippen LogP contribution in [-0.4, -0.2) is 33.4 Å². The van der Waals surface area contributed by atoms with Gasteiger partial charge in [0.15, 0.2) is 0 Å². The molecule has 0 atom stereocenters. The number of hydrogen-bond acceptors (Lipinski definition) is 5. The highest BCUT2D eigenvalue weighted by Crippen LogP contribution is 2.40. The lowest BCUT2D eigenvalue weighted by atomic mass is 9.70. The fourth-order valence-corrected chi connectivity index (χ4v) is 5.01. The summed E-state index contributed by atoms with van der Waals surface area (Å²) in [4.78, 5) is 34.0. The van der Waals surface area contributed by atoms with Crippen LogP contribution in [0.1, 0.15) is 70.9 Å². The van der Waals surface area contributed by atoms with Gasteiger partial charge in [-0.3, -0.25) is 4.79 Å². The van der Waals surface area contributed by atoms with Gasteiger partial charge < -0.3 is 10.2 Å². The Morgan fingerprint density at radius 1 is 1.09 bits per heavy atom. The minimum absolute atomic E-state index is 0.237. The van der Waals surface area contributed by atoms with Crippen molar-refractivity contribution in [2.45, 2.75) is 83.3 Å². The number of benzene rings is 1. The van der Waals surface area contributed by atoms with E-state index in [0.29, 0.717) is 12.2 Å². The van der Waals surface area contributed by atoms with Crippen LogP contribution >= 0.6 is 0 Å². The van der Waals surface area contributed by atoms with Gasteiger partial charge >= 0.3 is 6.03 Å². The smallest absolute Gasteiger partial charge is 0.332 e. The molecule has 0 spiro atoms. The Labute approximate surface area is 201 Å². The van der Waals surface area contributed by atoms with E-state index in [0.717, 1.165) is 49.0 Å². The summed E-state index contributed by atoms with van der Waals surface area (Å²) >= 11 is 0. The molecule has 1 saturated heterocycles. The number of amides is 3. The summed E-state index contributed by atoms with van der Waals surface area (Å²) in [7, 11) is 0. The van der Waals surface area contributed by atoms with Crippen molar-refractivity contribution in [3.8, 4) is 6.07 Å². The molecule has 2 aliphatic rings. The predicted molar refractivity (Wildman–Crippen MR) is 132 cm³/mol. The fourth-order valence-electron chi connectivity index (χ4n) is 5.01. The molecule has 1 aromatic carbocycles. The molecule has 178 valence electrons. The third-order valence-corrected chi connectivity index (χ3v) is 7.02. The van der Waals surface area contributed by atoms with Crippen LogP contribution in [0.3, 0.4) is 0 Å². The van der Waals surface area contributed by atoms with Gasteiger partial charge in [-0.25, -0.2) is 14.7 Å². The molecule has 1 saturated carbocycles. The van der Waals surface area contributed by atoms with Crippen molar-refractivity contribution < 1.29 is 9.59 Å². The largest absolute Gasteiger partial charge is 0.368 e. The van der Waals surface area contributed by atoms with E-state index in [-0.39, 0.29) is 18.0 Å². The van der Waals surface area contributed by atoms with Gasteiger partial charge in [-0.1, -0.05) is 31.4 Å². The van der Waals surface area contributed by atoms with Crippen molar-refractivity contribution in [1.29, 1.82) is 5.26 Å². The molecular formula is C27H33N5O2. The van der Waals surface area contributed by atoms with Crippen molar-refractivity contribution in [3.63, 3.8) is 0 Å². The lowest BCUT2D eigenvalue weighted by Crippen LogP contribution is -2.43. The number of imide groups is 1. The molecule has 4 rings (SSSR count). The number of hydrogen-bond donors (Lipinski definition) is 1. The maximum absolute atomic E-state index is 13.5. The zero-order chi connectivity index (χ0) is 24.5. The number of urea groups is 1. The number of nitrogens with zero attached hydrogens (tertiary/aromatic N) is 4. The number of nitrogens with one attached hydrogen (secondary N) is 1. The monoisotopic (exact) mass is 459 g/mol. The van der Waals surface area contributed by atoms with Crippen LogP contribution in [0.15, 0.2) is 42.6 Å². The van der Waals surface area contributed by atoms with Crippen molar-refractivity contribution in [1.82, 2.24) is 9.88 Å². The number of aromatic nitrogens is 1. The average Bonchev–Trinajstić information content (AvgIpc) is 2.99. The van der Waals surface area contributed by atoms with Crippen LogP contribution in [0.2, 0.25) is 0 Å². The second-order valence-electron chi connectivity index (χ2n) is 10.2. The molecule has 7 nitrogen and oxygen atoms in total. The number of nitriles is 1. The topological polar surface area (TPSA) is 89.3 Å². The van der Waals surface area contributed by atoms with Crippen molar-refractivity contribution in [2.75, 3.05) is 10.2 Å². The van der Waals surface area contributed by atoms with Crippen molar-refractivity contribution in [3.05, 3.63) is 53.7 Å². The maximum Gasteiger partial charge on any atom is 0.332 e. The van der Waals surface area contributed by atoms with Gasteiger partial charge in [0.1, 0.15) is 11.4 Å². The summed E-state index contributed by atoms with van der Waals surface area (Å²) in [6.07, 6.45) is 6.67. The number of carbonyl (C=O) groups is 2. The molecule has 1 aliphatic heterocycles. The van der Waals surface area contributed by atoms with Gasteiger partial charge in [-0.15, -0.1) is 0 Å². The second kappa shape index (κ2) is 9.09. The van der Waals surface area contributed by atoms with Gasteiger partial charge in [0, 0.05) is 18.8 Å². The first-order valence-corrected chi connectivity index (χ1v) is 12.1. The predicted octanol–water partition coefficient (Wildman–Crippen LogP) is 5.37. The van der Waals surface area contributed by atoms with Crippen LogP contribution in [-0.2, 0) is 16.8 Å². The van der Waals surface area contributed by atoms with Gasteiger partial charge in [0.25, 0.3) is 5.91 Å². The highest BCUT2D eigenvalue weighted by molar-refractivity contribution is 6.22. The van der Waals surface area contributed by atoms with Crippen LogP contribution < -0.4 is 10.2 Å². The van der Waals surface area contributed by atoms with E-state index in [9.17, 15) is 14.9 Å². The molecule has 1 aromatic heterocycles. The van der Waals surface area contributed by atoms with Crippen LogP contribution in [0.25, 0.3) is 0 Å². The molecule has 34 heavy (non-hydrogen) atoms. The quantitative estimate of drug-likeness (QED) is 0.586. The van der Waals surface area contributed by atoms with Gasteiger partial charge in [0.2, 0.25) is 0 Å². The van der Waals surface area contributed by atoms with E-state index in [2.05, 4.69) is 16.4 Å². The fraction of sp³-hybridized carbons (Fsp3) is 0.481. The van der Waals surface area contributed by atoms with Crippen LogP contribution in [0.4, 0.5) is 16.3 Å². The molecular weight excluding hydrogens is 426 g/mol. The van der Waals surface area contributed by atoms with E-state index >= 15 is 0 Å². The summed E-state index contributed by atoms with van der Waals surface area (Å²) in [6, 6.07) is 13.6. The van der Waals surface area contributed by atoms with E-state index in [1.165, 1.54) is 4.90 Å². The van der Waals surface area contributed by atoms with Gasteiger partial charge in [0.05, 0.1) is 17.2 Å². The highest BCUT2D eigenvalue weighted by Gasteiger charge is 2.51. The Hall–Kier alpha value is -3.40. The Kier molecular flexibility index (Phi) is 6.35. The lowest BCUT2D eigenvalue weighted by molar-refractivity contribution is -0.123. The first-order valence-electron chi connectivity index (χ1n) is 12.1. The maximum atomic E-state index is 13.5. The molecule has 2 heterocycles. The number of rotatable bonds is 6. The minimum atomic E-state index is -0.984. The van der Waals surface area contributed by atoms with E-state index in [1.54, 1.807) is 37.1 Å². The Balaban J connectivity index is 1.58. The van der Waals surface area contributed by atoms with Crippen LogP contribution in [0.5, 0.6) is 0 Å². The first kappa shape index (κ1) is 23.7. The molecule has 0 bridgehead atoms. The molecule has 2 fully saturated rings. The average molecular weight is 460 g/mol. The standard InChI is InChI=1S/C27H33N5O2/c1-19(2)30-23-16-20(12-15-29-23)17-31-25(34)32(24(33)26(31,3)4)22-10-8-21(9-11-22)27(18-28)13-6-5-7-14-27/h8-12,15-16,19H,5-7,13-14,17H2,1-4H3,(H,29,30). The molecule has 0 radical (unpaired) electrons. The van der Waals surface area contributed by atoms with Crippen molar-refractivity contribution >= 4 is 23.4 Å². The summed E-state index contributed by atoms with van der Waals surface area (Å²) in [5.41, 5.74) is 0.954. The first-order chi connectivity index (χ1) is 16.2. The Morgan fingerprint density at radius 3 is 2.38 bits per heavy atom. The second-order valence-corrected chi connectivity index (χ2v) is 10.2.